The Bertz CT molecular complexity index is 372. The van der Waals surface area contributed by atoms with Gasteiger partial charge in [-0.3, -0.25) is 4.90 Å². The third-order valence-corrected chi connectivity index (χ3v) is 3.98. The lowest BCUT2D eigenvalue weighted by molar-refractivity contribution is 0.176. The van der Waals surface area contributed by atoms with Crippen molar-refractivity contribution in [3.63, 3.8) is 0 Å². The van der Waals surface area contributed by atoms with Crippen LogP contribution < -0.4 is 5.73 Å². The van der Waals surface area contributed by atoms with E-state index in [4.69, 9.17) is 10.2 Å². The number of rotatable bonds is 5. The Kier molecular flexibility index (Phi) is 3.59. The highest BCUT2D eigenvalue weighted by Crippen LogP contribution is 2.47. The fourth-order valence-electron chi connectivity index (χ4n) is 2.31. The molecule has 3 unspecified atom stereocenters. The lowest BCUT2D eigenvalue weighted by atomic mass is 10.1. The van der Waals surface area contributed by atoms with E-state index in [1.54, 1.807) is 0 Å². The molecule has 1 fully saturated rings. The Morgan fingerprint density at radius 3 is 2.59 bits per heavy atom. The molecule has 3 heteroatoms. The summed E-state index contributed by atoms with van der Waals surface area (Å²) in [5.74, 6) is 3.58. The molecule has 1 aliphatic carbocycles. The maximum atomic E-state index is 5.98. The monoisotopic (exact) mass is 236 g/mol. The summed E-state index contributed by atoms with van der Waals surface area (Å²) in [6.45, 7) is 7.22. The number of hydrogen-bond acceptors (Lipinski definition) is 3. The third kappa shape index (κ3) is 2.55. The number of nitrogens with zero attached hydrogens (tertiary/aromatic N) is 1. The molecule has 0 aromatic carbocycles. The van der Waals surface area contributed by atoms with Crippen molar-refractivity contribution in [3.8, 4) is 0 Å². The minimum Gasteiger partial charge on any atom is -0.464 e. The first kappa shape index (κ1) is 12.7. The standard InChI is InChI=1S/C14H24N2O/c1-9(2)16(4)12(8-15)14-6-5-13(17-14)11-7-10(11)3/h5-6,9-12H,7-8,15H2,1-4H3. The van der Waals surface area contributed by atoms with Gasteiger partial charge in [0.1, 0.15) is 11.5 Å². The Balaban J connectivity index is 2.11. The predicted octanol–water partition coefficient (Wildman–Crippen LogP) is 2.74. The van der Waals surface area contributed by atoms with Crippen LogP contribution in [0.5, 0.6) is 0 Å². The van der Waals surface area contributed by atoms with Gasteiger partial charge in [-0.1, -0.05) is 6.92 Å². The number of nitrogens with two attached hydrogens (primary N) is 1. The van der Waals surface area contributed by atoms with Crippen molar-refractivity contribution in [2.75, 3.05) is 13.6 Å². The number of likely N-dealkylation sites (N-methyl/N-ethyl adjacent to an activating group) is 1. The number of hydrogen-bond donors (Lipinski definition) is 1. The Labute approximate surface area is 104 Å². The van der Waals surface area contributed by atoms with Crippen LogP contribution in [0.3, 0.4) is 0 Å². The molecular weight excluding hydrogens is 212 g/mol. The van der Waals surface area contributed by atoms with Crippen molar-refractivity contribution in [2.24, 2.45) is 11.7 Å². The zero-order valence-corrected chi connectivity index (χ0v) is 11.3. The molecule has 2 N–H and O–H groups in total. The number of furan rings is 1. The first-order valence-corrected chi connectivity index (χ1v) is 6.56. The van der Waals surface area contributed by atoms with Gasteiger partial charge in [-0.05, 0) is 45.4 Å². The van der Waals surface area contributed by atoms with Crippen LogP contribution in [0.15, 0.2) is 16.5 Å². The van der Waals surface area contributed by atoms with E-state index >= 15 is 0 Å². The summed E-state index contributed by atoms with van der Waals surface area (Å²) < 4.78 is 5.98. The van der Waals surface area contributed by atoms with E-state index in [2.05, 4.69) is 44.9 Å². The molecule has 1 aromatic rings. The second kappa shape index (κ2) is 4.83. The van der Waals surface area contributed by atoms with Crippen LogP contribution >= 0.6 is 0 Å². The summed E-state index contributed by atoms with van der Waals surface area (Å²) in [4.78, 5) is 2.26. The van der Waals surface area contributed by atoms with Crippen LogP contribution in [-0.2, 0) is 0 Å². The molecule has 0 radical (unpaired) electrons. The van der Waals surface area contributed by atoms with Crippen LogP contribution in [0.4, 0.5) is 0 Å². The van der Waals surface area contributed by atoms with Crippen molar-refractivity contribution in [1.29, 1.82) is 0 Å². The van der Waals surface area contributed by atoms with E-state index in [0.29, 0.717) is 18.5 Å². The van der Waals surface area contributed by atoms with Gasteiger partial charge in [0.25, 0.3) is 0 Å². The van der Waals surface area contributed by atoms with Crippen molar-refractivity contribution in [3.05, 3.63) is 23.7 Å². The molecular formula is C14H24N2O. The van der Waals surface area contributed by atoms with Crippen LogP contribution in [0, 0.1) is 5.92 Å². The highest BCUT2D eigenvalue weighted by atomic mass is 16.3. The molecule has 0 spiro atoms. The molecule has 3 atom stereocenters. The van der Waals surface area contributed by atoms with Gasteiger partial charge >= 0.3 is 0 Å². The Morgan fingerprint density at radius 1 is 1.47 bits per heavy atom. The second-order valence-electron chi connectivity index (χ2n) is 5.57. The van der Waals surface area contributed by atoms with Crippen molar-refractivity contribution in [2.45, 2.75) is 45.2 Å². The largest absolute Gasteiger partial charge is 0.464 e. The fourth-order valence-corrected chi connectivity index (χ4v) is 2.31. The summed E-state index contributed by atoms with van der Waals surface area (Å²) in [6.07, 6.45) is 1.26. The van der Waals surface area contributed by atoms with Gasteiger partial charge in [0.2, 0.25) is 0 Å². The highest BCUT2D eigenvalue weighted by Gasteiger charge is 2.37. The SMILES string of the molecule is CC1CC1c1ccc(C(CN)N(C)C(C)C)o1. The van der Waals surface area contributed by atoms with E-state index < -0.39 is 0 Å². The molecule has 17 heavy (non-hydrogen) atoms. The molecule has 2 rings (SSSR count). The average molecular weight is 236 g/mol. The van der Waals surface area contributed by atoms with Crippen molar-refractivity contribution >= 4 is 0 Å². The molecule has 0 saturated heterocycles. The normalized spacial score (nSPS) is 25.6. The van der Waals surface area contributed by atoms with E-state index in [0.717, 1.165) is 17.4 Å². The molecule has 1 heterocycles. The molecule has 3 nitrogen and oxygen atoms in total. The summed E-state index contributed by atoms with van der Waals surface area (Å²) in [7, 11) is 2.10. The highest BCUT2D eigenvalue weighted by molar-refractivity contribution is 5.19. The van der Waals surface area contributed by atoms with Gasteiger partial charge in [-0.15, -0.1) is 0 Å². The first-order chi connectivity index (χ1) is 8.04. The quantitative estimate of drug-likeness (QED) is 0.854. The van der Waals surface area contributed by atoms with E-state index in [1.165, 1.54) is 6.42 Å². The minimum absolute atomic E-state index is 0.192. The van der Waals surface area contributed by atoms with Gasteiger partial charge in [0.15, 0.2) is 0 Å². The molecule has 1 saturated carbocycles. The molecule has 1 aromatic heterocycles. The van der Waals surface area contributed by atoms with Crippen LogP contribution in [0.2, 0.25) is 0 Å². The fraction of sp³-hybridized carbons (Fsp3) is 0.714. The molecule has 0 amide bonds. The summed E-state index contributed by atoms with van der Waals surface area (Å²) in [6, 6.07) is 4.88. The molecule has 0 aliphatic heterocycles. The summed E-state index contributed by atoms with van der Waals surface area (Å²) >= 11 is 0. The third-order valence-electron chi connectivity index (χ3n) is 3.98. The average Bonchev–Trinajstić information content (AvgIpc) is 2.83. The van der Waals surface area contributed by atoms with Crippen molar-refractivity contribution < 1.29 is 4.42 Å². The lowest BCUT2D eigenvalue weighted by Gasteiger charge is -2.28. The molecule has 1 aliphatic rings. The Hall–Kier alpha value is -0.800. The predicted molar refractivity (Wildman–Crippen MR) is 69.9 cm³/mol. The Morgan fingerprint density at radius 2 is 2.12 bits per heavy atom. The van der Waals surface area contributed by atoms with Gasteiger partial charge < -0.3 is 10.2 Å². The summed E-state index contributed by atoms with van der Waals surface area (Å²) in [5, 5.41) is 0. The van der Waals surface area contributed by atoms with Crippen LogP contribution in [0.1, 0.15) is 50.7 Å². The van der Waals surface area contributed by atoms with E-state index in [1.807, 2.05) is 0 Å². The first-order valence-electron chi connectivity index (χ1n) is 6.56. The maximum absolute atomic E-state index is 5.98. The van der Waals surface area contributed by atoms with Gasteiger partial charge in [-0.2, -0.15) is 0 Å². The molecule has 96 valence electrons. The summed E-state index contributed by atoms with van der Waals surface area (Å²) in [5.41, 5.74) is 5.87. The second-order valence-corrected chi connectivity index (χ2v) is 5.57. The van der Waals surface area contributed by atoms with Gasteiger partial charge in [-0.25, -0.2) is 0 Å². The zero-order valence-electron chi connectivity index (χ0n) is 11.3. The van der Waals surface area contributed by atoms with E-state index in [-0.39, 0.29) is 6.04 Å². The van der Waals surface area contributed by atoms with Crippen molar-refractivity contribution in [1.82, 2.24) is 4.90 Å². The van der Waals surface area contributed by atoms with Crippen LogP contribution in [-0.4, -0.2) is 24.5 Å². The van der Waals surface area contributed by atoms with E-state index in [9.17, 15) is 0 Å². The topological polar surface area (TPSA) is 42.4 Å². The zero-order chi connectivity index (χ0) is 12.6. The molecule has 0 bridgehead atoms. The van der Waals surface area contributed by atoms with Gasteiger partial charge in [0.05, 0.1) is 6.04 Å². The van der Waals surface area contributed by atoms with Gasteiger partial charge in [0, 0.05) is 18.5 Å². The lowest BCUT2D eigenvalue weighted by Crippen LogP contribution is -2.35. The minimum atomic E-state index is 0.192. The maximum Gasteiger partial charge on any atom is 0.122 e. The van der Waals surface area contributed by atoms with Crippen LogP contribution in [0.25, 0.3) is 0 Å². The smallest absolute Gasteiger partial charge is 0.122 e.